The van der Waals surface area contributed by atoms with Crippen LogP contribution in [0.25, 0.3) is 0 Å². The van der Waals surface area contributed by atoms with E-state index in [1.54, 1.807) is 10.4 Å². The quantitative estimate of drug-likeness (QED) is 0.858. The number of hydrogen-bond donors (Lipinski definition) is 1. The molecule has 25 heavy (non-hydrogen) atoms. The van der Waals surface area contributed by atoms with Gasteiger partial charge in [0.1, 0.15) is 0 Å². The second kappa shape index (κ2) is 8.82. The van der Waals surface area contributed by atoms with Crippen molar-refractivity contribution in [2.75, 3.05) is 45.8 Å². The van der Waals surface area contributed by atoms with E-state index in [-0.39, 0.29) is 12.4 Å². The lowest BCUT2D eigenvalue weighted by Gasteiger charge is -2.36. The smallest absolute Gasteiger partial charge is 0.243 e. The first-order valence-electron chi connectivity index (χ1n) is 8.97. The summed E-state index contributed by atoms with van der Waals surface area (Å²) in [5.74, 6) is 0.709. The number of hydrogen-bond acceptors (Lipinski definition) is 4. The number of piperazine rings is 1. The van der Waals surface area contributed by atoms with Crippen molar-refractivity contribution in [3.8, 4) is 0 Å². The van der Waals surface area contributed by atoms with Gasteiger partial charge in [0.25, 0.3) is 0 Å². The Balaban J connectivity index is 0.00000225. The third-order valence-corrected chi connectivity index (χ3v) is 7.25. The van der Waals surface area contributed by atoms with Crippen molar-refractivity contribution in [3.05, 3.63) is 29.3 Å². The van der Waals surface area contributed by atoms with Crippen LogP contribution in [0.1, 0.15) is 24.0 Å². The van der Waals surface area contributed by atoms with Gasteiger partial charge in [-0.05, 0) is 62.9 Å². The van der Waals surface area contributed by atoms with E-state index >= 15 is 0 Å². The maximum atomic E-state index is 13.0. The Morgan fingerprint density at radius 3 is 2.52 bits per heavy atom. The van der Waals surface area contributed by atoms with Crippen LogP contribution in [0, 0.1) is 19.8 Å². The molecule has 7 heteroatoms. The van der Waals surface area contributed by atoms with Gasteiger partial charge in [-0.25, -0.2) is 8.42 Å². The van der Waals surface area contributed by atoms with Crippen LogP contribution in [-0.2, 0) is 10.0 Å². The van der Waals surface area contributed by atoms with Crippen molar-refractivity contribution >= 4 is 22.4 Å². The average molecular weight is 388 g/mol. The molecule has 0 bridgehead atoms. The Bertz CT molecular complexity index is 667. The molecule has 5 nitrogen and oxygen atoms in total. The zero-order valence-electron chi connectivity index (χ0n) is 15.2. The Kier molecular flexibility index (Phi) is 7.29. The molecule has 1 aromatic carbocycles. The van der Waals surface area contributed by atoms with Gasteiger partial charge in [0.15, 0.2) is 0 Å². The van der Waals surface area contributed by atoms with E-state index in [1.807, 2.05) is 26.0 Å². The lowest BCUT2D eigenvalue weighted by atomic mass is 9.99. The average Bonchev–Trinajstić information content (AvgIpc) is 2.58. The molecule has 142 valence electrons. The molecule has 0 saturated carbocycles. The maximum absolute atomic E-state index is 13.0. The summed E-state index contributed by atoms with van der Waals surface area (Å²) >= 11 is 0. The standard InChI is InChI=1S/C18H29N3O2S.ClH/c1-15-5-6-16(2)18(12-15)24(22,23)21-10-8-20(9-11-21)14-17-4-3-7-19-13-17;/h5-6,12,17,19H,3-4,7-11,13-14H2,1-2H3;1H. The number of nitrogens with one attached hydrogen (secondary N) is 1. The molecule has 1 unspecified atom stereocenters. The van der Waals surface area contributed by atoms with Gasteiger partial charge in [-0.3, -0.25) is 0 Å². The largest absolute Gasteiger partial charge is 0.316 e. The van der Waals surface area contributed by atoms with Crippen molar-refractivity contribution in [3.63, 3.8) is 0 Å². The van der Waals surface area contributed by atoms with E-state index in [0.29, 0.717) is 23.9 Å². The summed E-state index contributed by atoms with van der Waals surface area (Å²) in [7, 11) is -3.38. The minimum Gasteiger partial charge on any atom is -0.316 e. The number of rotatable bonds is 4. The molecular weight excluding hydrogens is 358 g/mol. The van der Waals surface area contributed by atoms with Gasteiger partial charge in [-0.1, -0.05) is 12.1 Å². The first kappa shape index (κ1) is 20.6. The molecule has 2 heterocycles. The summed E-state index contributed by atoms with van der Waals surface area (Å²) in [6.07, 6.45) is 2.54. The Labute approximate surface area is 158 Å². The monoisotopic (exact) mass is 387 g/mol. The number of sulfonamides is 1. The number of benzene rings is 1. The van der Waals surface area contributed by atoms with Gasteiger partial charge < -0.3 is 10.2 Å². The van der Waals surface area contributed by atoms with Crippen molar-refractivity contribution < 1.29 is 8.42 Å². The van der Waals surface area contributed by atoms with Crippen LogP contribution in [-0.4, -0.2) is 63.4 Å². The van der Waals surface area contributed by atoms with Gasteiger partial charge in [0.05, 0.1) is 4.90 Å². The second-order valence-electron chi connectivity index (χ2n) is 7.19. The van der Waals surface area contributed by atoms with Crippen LogP contribution in [0.3, 0.4) is 0 Å². The van der Waals surface area contributed by atoms with Crippen molar-refractivity contribution in [2.45, 2.75) is 31.6 Å². The van der Waals surface area contributed by atoms with E-state index in [4.69, 9.17) is 0 Å². The van der Waals surface area contributed by atoms with E-state index < -0.39 is 10.0 Å². The molecule has 0 spiro atoms. The number of piperidine rings is 1. The first-order valence-corrected chi connectivity index (χ1v) is 10.4. The van der Waals surface area contributed by atoms with Gasteiger partial charge in [-0.15, -0.1) is 12.4 Å². The third-order valence-electron chi connectivity index (χ3n) is 5.21. The number of nitrogens with zero attached hydrogens (tertiary/aromatic N) is 2. The molecule has 2 aliphatic rings. The highest BCUT2D eigenvalue weighted by Gasteiger charge is 2.30. The molecule has 1 aromatic rings. The molecule has 2 aliphatic heterocycles. The number of halogens is 1. The number of aryl methyl sites for hydroxylation is 2. The summed E-state index contributed by atoms with van der Waals surface area (Å²) in [5, 5.41) is 3.46. The Morgan fingerprint density at radius 1 is 1.16 bits per heavy atom. The summed E-state index contributed by atoms with van der Waals surface area (Å²) in [6.45, 7) is 9.99. The molecule has 1 atom stereocenters. The molecule has 0 aromatic heterocycles. The highest BCUT2D eigenvalue weighted by molar-refractivity contribution is 7.89. The van der Waals surface area contributed by atoms with Crippen LogP contribution in [0.2, 0.25) is 0 Å². The lowest BCUT2D eigenvalue weighted by molar-refractivity contribution is 0.154. The van der Waals surface area contributed by atoms with E-state index in [0.717, 1.165) is 43.9 Å². The fourth-order valence-corrected chi connectivity index (χ4v) is 5.45. The van der Waals surface area contributed by atoms with Crippen LogP contribution in [0.4, 0.5) is 0 Å². The predicted molar refractivity (Wildman–Crippen MR) is 104 cm³/mol. The minimum absolute atomic E-state index is 0. The van der Waals surface area contributed by atoms with Crippen molar-refractivity contribution in [2.24, 2.45) is 5.92 Å². The van der Waals surface area contributed by atoms with Crippen LogP contribution < -0.4 is 5.32 Å². The third kappa shape index (κ3) is 4.95. The second-order valence-corrected chi connectivity index (χ2v) is 9.09. The minimum atomic E-state index is -3.38. The van der Waals surface area contributed by atoms with E-state index in [1.165, 1.54) is 12.8 Å². The lowest BCUT2D eigenvalue weighted by Crippen LogP contribution is -2.50. The molecule has 3 rings (SSSR count). The van der Waals surface area contributed by atoms with E-state index in [2.05, 4.69) is 10.2 Å². The van der Waals surface area contributed by atoms with Gasteiger partial charge in [0.2, 0.25) is 10.0 Å². The highest BCUT2D eigenvalue weighted by Crippen LogP contribution is 2.23. The van der Waals surface area contributed by atoms with Gasteiger partial charge >= 0.3 is 0 Å². The summed E-state index contributed by atoms with van der Waals surface area (Å²) < 4.78 is 27.6. The maximum Gasteiger partial charge on any atom is 0.243 e. The Hall–Kier alpha value is -0.660. The van der Waals surface area contributed by atoms with Gasteiger partial charge in [-0.2, -0.15) is 4.31 Å². The molecular formula is C18H30ClN3O2S. The van der Waals surface area contributed by atoms with Gasteiger partial charge in [0, 0.05) is 32.7 Å². The van der Waals surface area contributed by atoms with Crippen molar-refractivity contribution in [1.82, 2.24) is 14.5 Å². The molecule has 0 aliphatic carbocycles. The van der Waals surface area contributed by atoms with Crippen LogP contribution >= 0.6 is 12.4 Å². The summed E-state index contributed by atoms with van der Waals surface area (Å²) in [6, 6.07) is 5.66. The predicted octanol–water partition coefficient (Wildman–Crippen LogP) is 2.03. The first-order chi connectivity index (χ1) is 11.5. The van der Waals surface area contributed by atoms with E-state index in [9.17, 15) is 8.42 Å². The van der Waals surface area contributed by atoms with Crippen LogP contribution in [0.5, 0.6) is 0 Å². The fourth-order valence-electron chi connectivity index (χ4n) is 3.72. The Morgan fingerprint density at radius 2 is 1.88 bits per heavy atom. The van der Waals surface area contributed by atoms with Crippen LogP contribution in [0.15, 0.2) is 23.1 Å². The SMILES string of the molecule is Cc1ccc(C)c(S(=O)(=O)N2CCN(CC3CCCNC3)CC2)c1.Cl. The zero-order valence-corrected chi connectivity index (χ0v) is 16.8. The molecule has 2 fully saturated rings. The summed E-state index contributed by atoms with van der Waals surface area (Å²) in [4.78, 5) is 2.89. The zero-order chi connectivity index (χ0) is 17.2. The fraction of sp³-hybridized carbons (Fsp3) is 0.667. The normalized spacial score (nSPS) is 23.2. The topological polar surface area (TPSA) is 52.7 Å². The molecule has 2 saturated heterocycles. The van der Waals surface area contributed by atoms with Crippen molar-refractivity contribution in [1.29, 1.82) is 0 Å². The molecule has 0 amide bonds. The molecule has 0 radical (unpaired) electrons. The highest BCUT2D eigenvalue weighted by atomic mass is 35.5. The molecule has 1 N–H and O–H groups in total. The summed E-state index contributed by atoms with van der Waals surface area (Å²) in [5.41, 5.74) is 1.82.